The van der Waals surface area contributed by atoms with Crippen molar-refractivity contribution in [1.82, 2.24) is 15.1 Å². The van der Waals surface area contributed by atoms with Crippen molar-refractivity contribution in [2.75, 3.05) is 75.3 Å². The van der Waals surface area contributed by atoms with Crippen molar-refractivity contribution in [3.05, 3.63) is 191 Å². The molecule has 6 aromatic rings. The molecule has 4 amide bonds. The molecule has 16 heteroatoms. The molecular weight excluding hydrogens is 1000 g/mol. The van der Waals surface area contributed by atoms with Gasteiger partial charge in [-0.2, -0.15) is 0 Å². The minimum absolute atomic E-state index is 0.0159. The number of nitrogens with zero attached hydrogens (tertiary/aromatic N) is 4. The molecule has 0 saturated carbocycles. The van der Waals surface area contributed by atoms with Gasteiger partial charge in [-0.3, -0.25) is 24.2 Å². The van der Waals surface area contributed by atoms with Gasteiger partial charge in [0.05, 0.1) is 57.2 Å². The highest BCUT2D eigenvalue weighted by atomic mass is 16.6. The van der Waals surface area contributed by atoms with Gasteiger partial charge in [-0.05, 0) is 95.4 Å². The topological polar surface area (TPSA) is 180 Å². The second-order valence-corrected chi connectivity index (χ2v) is 20.6. The average Bonchev–Trinajstić information content (AvgIpc) is 3.13. The molecule has 3 fully saturated rings. The SMILES string of the molecule is COC(=O)C(NC(=O)N1C(=O)C2(c3cc(C#CCN(C)Cc4ccccc4)ccc31)C(C(=O)Nc1ccc(N3CCOCC3)cc1)C1C(=O)OC(c3ccccc3)C(c3ccccc3)N1C2c1ccc(OCCO)cc1)C(C)C. The maximum absolute atomic E-state index is 16.9. The van der Waals surface area contributed by atoms with Gasteiger partial charge in [0, 0.05) is 36.6 Å². The minimum atomic E-state index is -2.12. The highest BCUT2D eigenvalue weighted by Crippen LogP contribution is 2.66. The van der Waals surface area contributed by atoms with Gasteiger partial charge in [0.1, 0.15) is 36.0 Å². The largest absolute Gasteiger partial charge is 0.491 e. The first-order chi connectivity index (χ1) is 38.4. The van der Waals surface area contributed by atoms with Crippen LogP contribution in [-0.2, 0) is 45.3 Å². The first-order valence-corrected chi connectivity index (χ1v) is 26.7. The Kier molecular flexibility index (Phi) is 16.2. The van der Waals surface area contributed by atoms with Gasteiger partial charge in [-0.1, -0.05) is 129 Å². The number of ether oxygens (including phenoxy) is 4. The van der Waals surface area contributed by atoms with Crippen molar-refractivity contribution in [2.24, 2.45) is 11.8 Å². The van der Waals surface area contributed by atoms with E-state index in [-0.39, 0.29) is 24.5 Å². The van der Waals surface area contributed by atoms with Crippen molar-refractivity contribution in [3.63, 3.8) is 0 Å². The Morgan fingerprint density at radius 2 is 1.47 bits per heavy atom. The van der Waals surface area contributed by atoms with E-state index in [1.165, 1.54) is 7.11 Å². The zero-order chi connectivity index (χ0) is 55.2. The number of amides is 4. The minimum Gasteiger partial charge on any atom is -0.491 e. The smallest absolute Gasteiger partial charge is 0.329 e. The molecule has 1 spiro atoms. The Morgan fingerprint density at radius 3 is 2.11 bits per heavy atom. The third-order valence-electron chi connectivity index (χ3n) is 15.3. The number of aliphatic hydroxyl groups excluding tert-OH is 1. The molecule has 3 N–H and O–H groups in total. The van der Waals surface area contributed by atoms with Crippen LogP contribution in [0.15, 0.2) is 158 Å². The molecule has 4 heterocycles. The van der Waals surface area contributed by atoms with Crippen molar-refractivity contribution < 1.29 is 48.0 Å². The number of nitrogens with one attached hydrogen (secondary N) is 2. The van der Waals surface area contributed by atoms with E-state index < -0.39 is 77.3 Å². The van der Waals surface area contributed by atoms with Gasteiger partial charge < -0.3 is 39.6 Å². The fourth-order valence-corrected chi connectivity index (χ4v) is 11.7. The maximum Gasteiger partial charge on any atom is 0.329 e. The predicted octanol–water partition coefficient (Wildman–Crippen LogP) is 7.59. The molecule has 16 nitrogen and oxygen atoms in total. The van der Waals surface area contributed by atoms with Gasteiger partial charge in [0.15, 0.2) is 0 Å². The van der Waals surface area contributed by atoms with Gasteiger partial charge in [0.2, 0.25) is 11.8 Å². The summed E-state index contributed by atoms with van der Waals surface area (Å²) in [5.74, 6) is 2.00. The van der Waals surface area contributed by atoms with E-state index >= 15 is 19.2 Å². The molecule has 3 saturated heterocycles. The van der Waals surface area contributed by atoms with Crippen LogP contribution in [0, 0.1) is 23.7 Å². The molecule has 4 aliphatic heterocycles. The number of urea groups is 1. The number of rotatable bonds is 15. The van der Waals surface area contributed by atoms with Gasteiger partial charge in [0.25, 0.3) is 0 Å². The quantitative estimate of drug-likeness (QED) is 0.0678. The van der Waals surface area contributed by atoms with Gasteiger partial charge in [-0.15, -0.1) is 0 Å². The van der Waals surface area contributed by atoms with Crippen LogP contribution in [-0.4, -0.2) is 117 Å². The van der Waals surface area contributed by atoms with Crippen LogP contribution in [0.5, 0.6) is 5.75 Å². The number of benzene rings is 6. The second kappa shape index (κ2) is 23.7. The number of hydrogen-bond donors (Lipinski definition) is 3. The summed E-state index contributed by atoms with van der Waals surface area (Å²) in [6.07, 6.45) is -0.957. The van der Waals surface area contributed by atoms with Crippen molar-refractivity contribution in [2.45, 2.75) is 56.1 Å². The van der Waals surface area contributed by atoms with Crippen molar-refractivity contribution in [3.8, 4) is 17.6 Å². The predicted molar refractivity (Wildman–Crippen MR) is 298 cm³/mol. The Bertz CT molecular complexity index is 3220. The lowest BCUT2D eigenvalue weighted by Crippen LogP contribution is -2.57. The molecule has 7 atom stereocenters. The highest BCUT2D eigenvalue weighted by molar-refractivity contribution is 6.25. The van der Waals surface area contributed by atoms with Gasteiger partial charge >= 0.3 is 18.0 Å². The van der Waals surface area contributed by atoms with Crippen molar-refractivity contribution >= 4 is 46.8 Å². The Morgan fingerprint density at radius 1 is 0.810 bits per heavy atom. The van der Waals surface area contributed by atoms with E-state index in [1.807, 2.05) is 115 Å². The number of carbonyl (C=O) groups is 5. The second-order valence-electron chi connectivity index (χ2n) is 20.6. The van der Waals surface area contributed by atoms with Crippen LogP contribution in [0.2, 0.25) is 0 Å². The zero-order valence-corrected chi connectivity index (χ0v) is 44.6. The van der Waals surface area contributed by atoms with Crippen molar-refractivity contribution in [1.29, 1.82) is 0 Å². The number of fused-ring (bicyclic) bond motifs is 3. The van der Waals surface area contributed by atoms with Crippen LogP contribution in [0.3, 0.4) is 0 Å². The lowest BCUT2D eigenvalue weighted by Gasteiger charge is -2.46. The lowest BCUT2D eigenvalue weighted by molar-refractivity contribution is -0.177. The monoisotopic (exact) mass is 1060 g/mol. The van der Waals surface area contributed by atoms with E-state index in [0.29, 0.717) is 67.5 Å². The summed E-state index contributed by atoms with van der Waals surface area (Å²) in [6.45, 7) is 6.83. The number of cyclic esters (lactones) is 1. The van der Waals surface area contributed by atoms with Crippen LogP contribution < -0.4 is 25.2 Å². The van der Waals surface area contributed by atoms with Crippen LogP contribution in [0.1, 0.15) is 65.4 Å². The summed E-state index contributed by atoms with van der Waals surface area (Å²) in [7, 11) is 3.19. The van der Waals surface area contributed by atoms with E-state index in [4.69, 9.17) is 18.9 Å². The third-order valence-corrected chi connectivity index (χ3v) is 15.3. The molecule has 6 aromatic carbocycles. The number of hydrogen-bond acceptors (Lipinski definition) is 13. The van der Waals surface area contributed by atoms with Crippen LogP contribution in [0.25, 0.3) is 0 Å². The number of aliphatic hydroxyl groups is 1. The molecule has 406 valence electrons. The number of carbonyl (C=O) groups excluding carboxylic acids is 5. The molecule has 7 unspecified atom stereocenters. The number of morpholine rings is 2. The summed E-state index contributed by atoms with van der Waals surface area (Å²) in [6, 6.07) is 42.8. The summed E-state index contributed by atoms with van der Waals surface area (Å²) in [5.41, 5.74) is 3.10. The Balaban J connectivity index is 1.21. The molecule has 0 aromatic heterocycles. The maximum atomic E-state index is 16.9. The Labute approximate surface area is 460 Å². The van der Waals surface area contributed by atoms with Crippen LogP contribution >= 0.6 is 0 Å². The third kappa shape index (κ3) is 10.7. The molecule has 4 aliphatic rings. The first kappa shape index (κ1) is 54.0. The fourth-order valence-electron chi connectivity index (χ4n) is 11.7. The van der Waals surface area contributed by atoms with E-state index in [2.05, 4.69) is 32.3 Å². The molecule has 0 radical (unpaired) electrons. The average molecular weight is 1070 g/mol. The number of anilines is 3. The van der Waals surface area contributed by atoms with Gasteiger partial charge in [-0.25, -0.2) is 14.5 Å². The molecule has 79 heavy (non-hydrogen) atoms. The normalized spacial score (nSPS) is 21.9. The number of methoxy groups -OCH3 is 1. The molecule has 0 aliphatic carbocycles. The number of imide groups is 1. The van der Waals surface area contributed by atoms with E-state index in [9.17, 15) is 9.90 Å². The zero-order valence-electron chi connectivity index (χ0n) is 44.6. The summed E-state index contributed by atoms with van der Waals surface area (Å²) in [4.78, 5) is 84.7. The lowest BCUT2D eigenvalue weighted by atomic mass is 9.65. The summed E-state index contributed by atoms with van der Waals surface area (Å²) >= 11 is 0. The highest BCUT2D eigenvalue weighted by Gasteiger charge is 2.75. The first-order valence-electron chi connectivity index (χ1n) is 26.7. The van der Waals surface area contributed by atoms with E-state index in [0.717, 1.165) is 21.7 Å². The summed E-state index contributed by atoms with van der Waals surface area (Å²) in [5, 5.41) is 15.7. The molecule has 10 rings (SSSR count). The Hall–Kier alpha value is -8.33. The molecule has 0 bridgehead atoms. The van der Waals surface area contributed by atoms with Crippen LogP contribution in [0.4, 0.5) is 21.9 Å². The molecular formula is C63H64N6O10. The summed E-state index contributed by atoms with van der Waals surface area (Å²) < 4.78 is 23.3. The standard InChI is InChI=1S/C63H64N6O10/c1-41(2)53(59(72)76-4)65-62(75)68-51-31-22-42(17-14-32-66(3)40-43-15-8-5-9-16-43)39-50(51)63(61(68)74)52(58(71)64-47-25-27-48(28-26-47)67-33-36-77-37-34-67)55-60(73)79-56(45-20-12-7-13-21-45)54(44-18-10-6-11-19-44)69(55)57(63)46-23-29-49(30-24-46)78-38-35-70/h5-13,15-16,18-31,39,41,52-57,70H,32-38,40H2,1-4H3,(H,64,71)(H,65,75). The van der Waals surface area contributed by atoms with E-state index in [1.54, 1.807) is 68.4 Å². The fraction of sp³-hybridized carbons (Fsp3) is 0.317. The number of esters is 2.